The number of aromatic nitrogens is 2. The molecule has 1 aromatic carbocycles. The molecule has 0 saturated carbocycles. The third-order valence-electron chi connectivity index (χ3n) is 3.81. The van der Waals surface area contributed by atoms with E-state index in [9.17, 15) is 0 Å². The molecule has 0 fully saturated rings. The average molecular weight is 356 g/mol. The molecule has 1 aliphatic rings. The summed E-state index contributed by atoms with van der Waals surface area (Å²) in [5.41, 5.74) is 3.71. The average Bonchev–Trinajstić information content (AvgIpc) is 3.12. The molecule has 0 aliphatic heterocycles. The summed E-state index contributed by atoms with van der Waals surface area (Å²) >= 11 is 15.5. The Kier molecular flexibility index (Phi) is 3.53. The molecule has 3 nitrogen and oxygen atoms in total. The maximum absolute atomic E-state index is 6.38. The number of thiophene rings is 1. The molecular formula is C14H11Cl2N3S2. The fraction of sp³-hybridized carbons (Fsp3) is 0.286. The lowest BCUT2D eigenvalue weighted by Crippen LogP contribution is -2.16. The highest BCUT2D eigenvalue weighted by Crippen LogP contribution is 2.40. The van der Waals surface area contributed by atoms with Gasteiger partial charge in [-0.05, 0) is 42.3 Å². The zero-order valence-corrected chi connectivity index (χ0v) is 14.0. The second kappa shape index (κ2) is 5.39. The lowest BCUT2D eigenvalue weighted by molar-refractivity contribution is 0.609. The van der Waals surface area contributed by atoms with Gasteiger partial charge in [0.05, 0.1) is 33.5 Å². The Morgan fingerprint density at radius 1 is 1.19 bits per heavy atom. The monoisotopic (exact) mass is 355 g/mol. The van der Waals surface area contributed by atoms with Gasteiger partial charge in [0.15, 0.2) is 0 Å². The molecule has 0 spiro atoms. The first-order valence-corrected chi connectivity index (χ1v) is 9.03. The minimum Gasteiger partial charge on any atom is -0.375 e. The van der Waals surface area contributed by atoms with Gasteiger partial charge < -0.3 is 5.32 Å². The van der Waals surface area contributed by atoms with Crippen LogP contribution < -0.4 is 5.32 Å². The molecule has 21 heavy (non-hydrogen) atoms. The van der Waals surface area contributed by atoms with Crippen LogP contribution in [0.3, 0.4) is 0 Å². The summed E-state index contributed by atoms with van der Waals surface area (Å²) in [6, 6.07) is 4.23. The van der Waals surface area contributed by atoms with E-state index in [1.807, 2.05) is 11.3 Å². The minimum atomic E-state index is 0.281. The molecule has 3 aromatic rings. The molecule has 0 radical (unpaired) electrons. The van der Waals surface area contributed by atoms with Gasteiger partial charge in [-0.25, -0.2) is 0 Å². The quantitative estimate of drug-likeness (QED) is 0.654. The second-order valence-corrected chi connectivity index (χ2v) is 7.41. The highest BCUT2D eigenvalue weighted by atomic mass is 35.5. The van der Waals surface area contributed by atoms with Crippen molar-refractivity contribution in [2.24, 2.45) is 0 Å². The van der Waals surface area contributed by atoms with Crippen LogP contribution in [0.5, 0.6) is 0 Å². The van der Waals surface area contributed by atoms with Gasteiger partial charge in [0.25, 0.3) is 0 Å². The highest BCUT2D eigenvalue weighted by Gasteiger charge is 2.23. The first-order chi connectivity index (χ1) is 10.2. The van der Waals surface area contributed by atoms with Gasteiger partial charge in [-0.15, -0.1) is 11.3 Å². The van der Waals surface area contributed by atoms with Gasteiger partial charge >= 0.3 is 0 Å². The molecule has 0 amide bonds. The number of rotatable bonds is 2. The molecule has 2 aromatic heterocycles. The maximum Gasteiger partial charge on any atom is 0.130 e. The van der Waals surface area contributed by atoms with Crippen LogP contribution in [-0.4, -0.2) is 8.75 Å². The van der Waals surface area contributed by atoms with Crippen molar-refractivity contribution in [3.8, 4) is 0 Å². The van der Waals surface area contributed by atoms with Gasteiger partial charge in [0.1, 0.15) is 11.0 Å². The number of hydrogen-bond acceptors (Lipinski definition) is 5. The molecule has 1 N–H and O–H groups in total. The minimum absolute atomic E-state index is 0.281. The summed E-state index contributed by atoms with van der Waals surface area (Å²) < 4.78 is 8.60. The fourth-order valence-electron chi connectivity index (χ4n) is 2.82. The van der Waals surface area contributed by atoms with E-state index < -0.39 is 0 Å². The molecule has 108 valence electrons. The summed E-state index contributed by atoms with van der Waals surface area (Å²) in [4.78, 5) is 1.47. The van der Waals surface area contributed by atoms with E-state index in [0.717, 1.165) is 34.9 Å². The first kappa shape index (κ1) is 13.8. The van der Waals surface area contributed by atoms with Gasteiger partial charge in [0, 0.05) is 4.88 Å². The Hall–Kier alpha value is -0.880. The highest BCUT2D eigenvalue weighted by molar-refractivity contribution is 7.10. The Balaban J connectivity index is 1.78. The number of nitrogens with zero attached hydrogens (tertiary/aromatic N) is 2. The summed E-state index contributed by atoms with van der Waals surface area (Å²) in [6.07, 6.45) is 3.46. The van der Waals surface area contributed by atoms with Crippen LogP contribution in [0.1, 0.15) is 29.3 Å². The standard InChI is InChI=1S/C14H11Cl2N3S2/c15-8-6-9(16)13-14(19-21-18-13)12(8)17-10-2-1-3-11-7(10)4-5-20-11/h4-6,10,17H,1-3H2. The Morgan fingerprint density at radius 2 is 2.05 bits per heavy atom. The summed E-state index contributed by atoms with van der Waals surface area (Å²) in [6.45, 7) is 0. The van der Waals surface area contributed by atoms with Crippen molar-refractivity contribution in [1.29, 1.82) is 0 Å². The van der Waals surface area contributed by atoms with E-state index in [4.69, 9.17) is 23.2 Å². The molecule has 4 rings (SSSR count). The summed E-state index contributed by atoms with van der Waals surface area (Å²) in [7, 11) is 0. The van der Waals surface area contributed by atoms with Crippen LogP contribution >= 0.6 is 46.3 Å². The lowest BCUT2D eigenvalue weighted by Gasteiger charge is -2.25. The first-order valence-electron chi connectivity index (χ1n) is 6.67. The number of aryl methyl sites for hydroxylation is 1. The third-order valence-corrected chi connectivity index (χ3v) is 5.93. The van der Waals surface area contributed by atoms with Gasteiger partial charge in [-0.3, -0.25) is 0 Å². The van der Waals surface area contributed by atoms with Crippen molar-refractivity contribution in [3.05, 3.63) is 38.0 Å². The van der Waals surface area contributed by atoms with Crippen molar-refractivity contribution in [2.45, 2.75) is 25.3 Å². The van der Waals surface area contributed by atoms with E-state index in [1.54, 1.807) is 6.07 Å². The van der Waals surface area contributed by atoms with Gasteiger partial charge in [0.2, 0.25) is 0 Å². The number of halogens is 2. The maximum atomic E-state index is 6.38. The van der Waals surface area contributed by atoms with E-state index in [1.165, 1.54) is 23.3 Å². The van der Waals surface area contributed by atoms with Gasteiger partial charge in [-0.1, -0.05) is 23.2 Å². The molecule has 1 unspecified atom stereocenters. The Morgan fingerprint density at radius 3 is 2.95 bits per heavy atom. The third kappa shape index (κ3) is 2.32. The van der Waals surface area contributed by atoms with Gasteiger partial charge in [-0.2, -0.15) is 8.75 Å². The Labute approximate surface area is 140 Å². The van der Waals surface area contributed by atoms with Crippen molar-refractivity contribution in [2.75, 3.05) is 5.32 Å². The van der Waals surface area contributed by atoms with Crippen LogP contribution in [0.2, 0.25) is 10.0 Å². The second-order valence-electron chi connectivity index (χ2n) is 5.06. The zero-order chi connectivity index (χ0) is 14.4. The van der Waals surface area contributed by atoms with Crippen LogP contribution in [0.4, 0.5) is 5.69 Å². The van der Waals surface area contributed by atoms with Crippen LogP contribution in [-0.2, 0) is 6.42 Å². The molecule has 7 heteroatoms. The van der Waals surface area contributed by atoms with Crippen molar-refractivity contribution < 1.29 is 0 Å². The fourth-order valence-corrected chi connectivity index (χ4v) is 4.98. The largest absolute Gasteiger partial charge is 0.375 e. The molecule has 0 bridgehead atoms. The van der Waals surface area contributed by atoms with Crippen molar-refractivity contribution in [1.82, 2.24) is 8.75 Å². The topological polar surface area (TPSA) is 37.8 Å². The van der Waals surface area contributed by atoms with E-state index >= 15 is 0 Å². The number of anilines is 1. The zero-order valence-electron chi connectivity index (χ0n) is 10.9. The predicted molar refractivity (Wildman–Crippen MR) is 91.1 cm³/mol. The number of nitrogens with one attached hydrogen (secondary N) is 1. The summed E-state index contributed by atoms with van der Waals surface area (Å²) in [5.74, 6) is 0. The van der Waals surface area contributed by atoms with E-state index in [2.05, 4.69) is 25.5 Å². The Bertz CT molecular complexity index is 812. The molecular weight excluding hydrogens is 345 g/mol. The van der Waals surface area contributed by atoms with Crippen molar-refractivity contribution in [3.63, 3.8) is 0 Å². The van der Waals surface area contributed by atoms with E-state index in [-0.39, 0.29) is 6.04 Å². The number of fused-ring (bicyclic) bond motifs is 2. The molecule has 1 aliphatic carbocycles. The molecule has 0 saturated heterocycles. The van der Waals surface area contributed by atoms with Crippen molar-refractivity contribution >= 4 is 63.0 Å². The van der Waals surface area contributed by atoms with Crippen LogP contribution in [0, 0.1) is 0 Å². The predicted octanol–water partition coefficient (Wildman–Crippen LogP) is 5.55. The summed E-state index contributed by atoms with van der Waals surface area (Å²) in [5, 5.41) is 6.88. The lowest BCUT2D eigenvalue weighted by atomic mass is 9.94. The number of hydrogen-bond donors (Lipinski definition) is 1. The number of benzene rings is 1. The van der Waals surface area contributed by atoms with Crippen LogP contribution in [0.25, 0.3) is 11.0 Å². The molecule has 2 heterocycles. The SMILES string of the molecule is Clc1cc(Cl)c2nsnc2c1NC1CCCc2sccc21. The smallest absolute Gasteiger partial charge is 0.130 e. The molecule has 1 atom stereocenters. The normalized spacial score (nSPS) is 17.9. The van der Waals surface area contributed by atoms with E-state index in [0.29, 0.717) is 10.0 Å². The van der Waals surface area contributed by atoms with Crippen LogP contribution in [0.15, 0.2) is 17.5 Å².